The minimum atomic E-state index is -1.47. The summed E-state index contributed by atoms with van der Waals surface area (Å²) in [5.74, 6) is -0.182. The van der Waals surface area contributed by atoms with Crippen molar-refractivity contribution in [1.29, 1.82) is 0 Å². The van der Waals surface area contributed by atoms with E-state index < -0.39 is 43.4 Å². The third-order valence-electron chi connectivity index (χ3n) is 5.07. The van der Waals surface area contributed by atoms with Gasteiger partial charge in [-0.25, -0.2) is 0 Å². The van der Waals surface area contributed by atoms with E-state index in [4.69, 9.17) is 14.2 Å². The molecule has 0 aromatic carbocycles. The van der Waals surface area contributed by atoms with Gasteiger partial charge in [0.1, 0.15) is 24.4 Å². The van der Waals surface area contributed by atoms with Crippen LogP contribution >= 0.6 is 0 Å². The second-order valence-electron chi connectivity index (χ2n) is 6.58. The Kier molecular flexibility index (Phi) is 6.37. The summed E-state index contributed by atoms with van der Waals surface area (Å²) < 4.78 is 17.0. The molecule has 0 spiro atoms. The number of aliphatic hydroxyl groups excluding tert-OH is 5. The zero-order valence-corrected chi connectivity index (χ0v) is 13.6. The summed E-state index contributed by atoms with van der Waals surface area (Å²) in [5, 5.41) is 48.4. The Bertz CT molecular complexity index is 378. The van der Waals surface area contributed by atoms with Crippen LogP contribution in [0.1, 0.15) is 20.8 Å². The maximum atomic E-state index is 10.1. The lowest BCUT2D eigenvalue weighted by atomic mass is 9.83. The SMILES string of the molecule is CC1OC(CO)C(C)C(OC2OC(CO)C(O)C(O)C2O)C1C. The lowest BCUT2D eigenvalue weighted by Gasteiger charge is -2.47. The molecule has 136 valence electrons. The largest absolute Gasteiger partial charge is 0.394 e. The van der Waals surface area contributed by atoms with E-state index in [2.05, 4.69) is 0 Å². The van der Waals surface area contributed by atoms with Crippen molar-refractivity contribution >= 4 is 0 Å². The number of rotatable bonds is 4. The molecule has 10 atom stereocenters. The Morgan fingerprint density at radius 1 is 0.783 bits per heavy atom. The standard InChI is InChI=1S/C15H28O8/c1-6-8(3)21-9(4-16)7(2)14(6)23-15-13(20)12(19)11(18)10(5-17)22-15/h6-20H,4-5H2,1-3H3. The third kappa shape index (κ3) is 3.69. The van der Waals surface area contributed by atoms with Crippen LogP contribution in [0.4, 0.5) is 0 Å². The van der Waals surface area contributed by atoms with Gasteiger partial charge in [0.25, 0.3) is 0 Å². The number of hydrogen-bond acceptors (Lipinski definition) is 8. The molecule has 0 aromatic heterocycles. The zero-order chi connectivity index (χ0) is 17.3. The first-order chi connectivity index (χ1) is 10.8. The highest BCUT2D eigenvalue weighted by molar-refractivity contribution is 4.92. The van der Waals surface area contributed by atoms with Gasteiger partial charge in [-0.05, 0) is 6.92 Å². The summed E-state index contributed by atoms with van der Waals surface area (Å²) in [6.07, 6.45) is -7.42. The summed E-state index contributed by atoms with van der Waals surface area (Å²) in [5.41, 5.74) is 0. The van der Waals surface area contributed by atoms with Crippen LogP contribution in [-0.2, 0) is 14.2 Å². The smallest absolute Gasteiger partial charge is 0.186 e. The Morgan fingerprint density at radius 3 is 1.96 bits per heavy atom. The quantitative estimate of drug-likeness (QED) is 0.408. The topological polar surface area (TPSA) is 129 Å². The normalized spacial score (nSPS) is 51.7. The van der Waals surface area contributed by atoms with Crippen LogP contribution in [0.25, 0.3) is 0 Å². The van der Waals surface area contributed by atoms with Crippen LogP contribution in [0.3, 0.4) is 0 Å². The van der Waals surface area contributed by atoms with Crippen molar-refractivity contribution in [3.63, 3.8) is 0 Å². The molecule has 10 unspecified atom stereocenters. The van der Waals surface area contributed by atoms with Gasteiger partial charge in [-0.3, -0.25) is 0 Å². The van der Waals surface area contributed by atoms with Gasteiger partial charge in [-0.15, -0.1) is 0 Å². The predicted octanol–water partition coefficient (Wildman–Crippen LogP) is -1.78. The molecular weight excluding hydrogens is 308 g/mol. The van der Waals surface area contributed by atoms with E-state index in [-0.39, 0.29) is 30.7 Å². The zero-order valence-electron chi connectivity index (χ0n) is 13.6. The molecule has 23 heavy (non-hydrogen) atoms. The fourth-order valence-corrected chi connectivity index (χ4v) is 3.27. The van der Waals surface area contributed by atoms with Gasteiger partial charge in [0.05, 0.1) is 31.5 Å². The fraction of sp³-hybridized carbons (Fsp3) is 1.00. The van der Waals surface area contributed by atoms with Gasteiger partial charge >= 0.3 is 0 Å². The third-order valence-corrected chi connectivity index (χ3v) is 5.07. The van der Waals surface area contributed by atoms with Crippen molar-refractivity contribution < 1.29 is 39.7 Å². The first kappa shape index (κ1) is 19.0. The molecule has 2 rings (SSSR count). The molecule has 5 N–H and O–H groups in total. The van der Waals surface area contributed by atoms with Gasteiger partial charge in [0.15, 0.2) is 6.29 Å². The number of hydrogen-bond donors (Lipinski definition) is 5. The molecule has 0 bridgehead atoms. The second-order valence-corrected chi connectivity index (χ2v) is 6.58. The van der Waals surface area contributed by atoms with E-state index in [1.165, 1.54) is 0 Å². The lowest BCUT2D eigenvalue weighted by molar-refractivity contribution is -0.330. The van der Waals surface area contributed by atoms with Gasteiger partial charge < -0.3 is 39.7 Å². The molecule has 2 saturated heterocycles. The number of aliphatic hydroxyl groups is 5. The molecule has 0 amide bonds. The lowest BCUT2D eigenvalue weighted by Crippen LogP contribution is -2.61. The first-order valence-electron chi connectivity index (χ1n) is 8.04. The van der Waals surface area contributed by atoms with Gasteiger partial charge in [-0.2, -0.15) is 0 Å². The highest BCUT2D eigenvalue weighted by Crippen LogP contribution is 2.34. The fourth-order valence-electron chi connectivity index (χ4n) is 3.27. The van der Waals surface area contributed by atoms with Gasteiger partial charge in [0.2, 0.25) is 0 Å². The van der Waals surface area contributed by atoms with E-state index in [0.717, 1.165) is 0 Å². The molecule has 0 aliphatic carbocycles. The summed E-state index contributed by atoms with van der Waals surface area (Å²) in [7, 11) is 0. The predicted molar refractivity (Wildman–Crippen MR) is 78.4 cm³/mol. The minimum Gasteiger partial charge on any atom is -0.394 e. The van der Waals surface area contributed by atoms with E-state index in [1.54, 1.807) is 0 Å². The summed E-state index contributed by atoms with van der Waals surface area (Å²) >= 11 is 0. The van der Waals surface area contributed by atoms with E-state index in [9.17, 15) is 25.5 Å². The van der Waals surface area contributed by atoms with Crippen LogP contribution in [-0.4, -0.2) is 87.8 Å². The van der Waals surface area contributed by atoms with E-state index in [1.807, 2.05) is 20.8 Å². The summed E-state index contributed by atoms with van der Waals surface area (Å²) in [6, 6.07) is 0. The molecule has 2 heterocycles. The second kappa shape index (κ2) is 7.71. The highest BCUT2D eigenvalue weighted by Gasteiger charge is 2.48. The van der Waals surface area contributed by atoms with Crippen LogP contribution in [0.5, 0.6) is 0 Å². The Hall–Kier alpha value is -0.320. The maximum absolute atomic E-state index is 10.1. The Labute approximate surface area is 135 Å². The van der Waals surface area contributed by atoms with Crippen molar-refractivity contribution in [2.45, 2.75) is 69.8 Å². The molecule has 2 aliphatic rings. The molecule has 8 nitrogen and oxygen atoms in total. The average Bonchev–Trinajstić information content (AvgIpc) is 2.54. The first-order valence-corrected chi connectivity index (χ1v) is 8.04. The maximum Gasteiger partial charge on any atom is 0.186 e. The van der Waals surface area contributed by atoms with Crippen molar-refractivity contribution in [3.05, 3.63) is 0 Å². The summed E-state index contributed by atoms with van der Waals surface area (Å²) in [6.45, 7) is 5.04. The van der Waals surface area contributed by atoms with Crippen molar-refractivity contribution in [1.82, 2.24) is 0 Å². The van der Waals surface area contributed by atoms with Crippen LogP contribution in [0.15, 0.2) is 0 Å². The summed E-state index contributed by atoms with van der Waals surface area (Å²) in [4.78, 5) is 0. The Morgan fingerprint density at radius 2 is 1.39 bits per heavy atom. The van der Waals surface area contributed by atoms with E-state index >= 15 is 0 Å². The molecule has 0 aromatic rings. The van der Waals surface area contributed by atoms with Gasteiger partial charge in [-0.1, -0.05) is 13.8 Å². The molecule has 2 fully saturated rings. The molecule has 2 aliphatic heterocycles. The molecular formula is C15H28O8. The highest BCUT2D eigenvalue weighted by atomic mass is 16.7. The Balaban J connectivity index is 2.11. The number of ether oxygens (including phenoxy) is 3. The molecule has 0 saturated carbocycles. The van der Waals surface area contributed by atoms with Crippen LogP contribution < -0.4 is 0 Å². The van der Waals surface area contributed by atoms with Crippen LogP contribution in [0.2, 0.25) is 0 Å². The van der Waals surface area contributed by atoms with Gasteiger partial charge in [0, 0.05) is 11.8 Å². The van der Waals surface area contributed by atoms with Crippen molar-refractivity contribution in [3.8, 4) is 0 Å². The molecule has 0 radical (unpaired) electrons. The average molecular weight is 336 g/mol. The molecule has 8 heteroatoms. The van der Waals surface area contributed by atoms with Crippen molar-refractivity contribution in [2.24, 2.45) is 11.8 Å². The monoisotopic (exact) mass is 336 g/mol. The van der Waals surface area contributed by atoms with Crippen molar-refractivity contribution in [2.75, 3.05) is 13.2 Å². The van der Waals surface area contributed by atoms with Crippen LogP contribution in [0, 0.1) is 11.8 Å². The van der Waals surface area contributed by atoms with E-state index in [0.29, 0.717) is 0 Å². The minimum absolute atomic E-state index is 0.0276.